The first-order valence-electron chi connectivity index (χ1n) is 5.81. The fourth-order valence-electron chi connectivity index (χ4n) is 1.70. The number of aliphatic hydroxyl groups is 2. The Hall–Kier alpha value is -0.620. The summed E-state index contributed by atoms with van der Waals surface area (Å²) in [5, 5.41) is 22.7. The molecule has 2 unspecified atom stereocenters. The van der Waals surface area contributed by atoms with Crippen molar-refractivity contribution in [3.63, 3.8) is 0 Å². The molecule has 1 aromatic rings. The predicted octanol–water partition coefficient (Wildman–Crippen LogP) is 1.56. The van der Waals surface area contributed by atoms with Crippen LogP contribution in [0.3, 0.4) is 0 Å². The molecule has 0 fully saturated rings. The van der Waals surface area contributed by atoms with Gasteiger partial charge in [0.2, 0.25) is 0 Å². The van der Waals surface area contributed by atoms with Gasteiger partial charge in [0.1, 0.15) is 5.82 Å². The van der Waals surface area contributed by atoms with Crippen LogP contribution in [0.5, 0.6) is 0 Å². The molecule has 0 amide bonds. The summed E-state index contributed by atoms with van der Waals surface area (Å²) in [6.07, 6.45) is 1.01. The minimum atomic E-state index is -0.906. The molecule has 0 saturated heterocycles. The van der Waals surface area contributed by atoms with E-state index in [1.165, 1.54) is 6.07 Å². The molecule has 0 radical (unpaired) electrons. The first-order valence-corrected chi connectivity index (χ1v) is 7.20. The first kappa shape index (κ1) is 15.4. The van der Waals surface area contributed by atoms with Gasteiger partial charge in [-0.3, -0.25) is 0 Å². The standard InChI is InChI=1S/C13H20FNO2S/c1-13(17,9-18-2)8-15-7-12(16)10-5-3-4-6-11(10)14/h3-6,12,15-17H,7-9H2,1-2H3. The maximum atomic E-state index is 13.4. The van der Waals surface area contributed by atoms with Gasteiger partial charge in [-0.05, 0) is 19.2 Å². The molecule has 0 aliphatic rings. The summed E-state index contributed by atoms with van der Waals surface area (Å²) in [7, 11) is 0. The van der Waals surface area contributed by atoms with Gasteiger partial charge in [0.15, 0.2) is 0 Å². The van der Waals surface area contributed by atoms with Crippen LogP contribution in [0.2, 0.25) is 0 Å². The molecule has 3 nitrogen and oxygen atoms in total. The van der Waals surface area contributed by atoms with Gasteiger partial charge in [-0.15, -0.1) is 0 Å². The fourth-order valence-corrected chi connectivity index (χ4v) is 2.42. The van der Waals surface area contributed by atoms with Crippen molar-refractivity contribution in [1.82, 2.24) is 5.32 Å². The maximum absolute atomic E-state index is 13.4. The second-order valence-corrected chi connectivity index (χ2v) is 5.46. The van der Waals surface area contributed by atoms with Crippen LogP contribution in [-0.2, 0) is 0 Å². The summed E-state index contributed by atoms with van der Waals surface area (Å²) in [6, 6.07) is 6.15. The molecule has 0 aliphatic heterocycles. The van der Waals surface area contributed by atoms with Crippen molar-refractivity contribution in [3.05, 3.63) is 35.6 Å². The Kier molecular flexibility index (Phi) is 6.08. The van der Waals surface area contributed by atoms with E-state index in [0.29, 0.717) is 12.3 Å². The van der Waals surface area contributed by atoms with E-state index in [1.54, 1.807) is 36.9 Å². The number of aliphatic hydroxyl groups excluding tert-OH is 1. The third-order valence-electron chi connectivity index (χ3n) is 2.56. The van der Waals surface area contributed by atoms with Crippen LogP contribution in [0.4, 0.5) is 4.39 Å². The summed E-state index contributed by atoms with van der Waals surface area (Å²) in [6.45, 7) is 2.30. The Morgan fingerprint density at radius 1 is 1.44 bits per heavy atom. The van der Waals surface area contributed by atoms with E-state index in [1.807, 2.05) is 6.26 Å². The summed E-state index contributed by atoms with van der Waals surface area (Å²) in [5.74, 6) is 0.193. The second kappa shape index (κ2) is 7.09. The first-order chi connectivity index (χ1) is 8.46. The van der Waals surface area contributed by atoms with E-state index in [0.717, 1.165) is 0 Å². The van der Waals surface area contributed by atoms with Gasteiger partial charge in [0.25, 0.3) is 0 Å². The van der Waals surface area contributed by atoms with Crippen molar-refractivity contribution in [1.29, 1.82) is 0 Å². The smallest absolute Gasteiger partial charge is 0.129 e. The van der Waals surface area contributed by atoms with Crippen molar-refractivity contribution in [3.8, 4) is 0 Å². The van der Waals surface area contributed by atoms with E-state index in [-0.39, 0.29) is 12.1 Å². The number of nitrogens with one attached hydrogen (secondary N) is 1. The molecule has 0 saturated carbocycles. The number of hydrogen-bond donors (Lipinski definition) is 3. The molecule has 102 valence electrons. The van der Waals surface area contributed by atoms with Crippen LogP contribution < -0.4 is 5.32 Å². The highest BCUT2D eigenvalue weighted by molar-refractivity contribution is 7.98. The topological polar surface area (TPSA) is 52.5 Å². The molecular weight excluding hydrogens is 253 g/mol. The SMILES string of the molecule is CSCC(C)(O)CNCC(O)c1ccccc1F. The molecule has 3 N–H and O–H groups in total. The molecule has 1 rings (SSSR count). The Morgan fingerprint density at radius 3 is 2.72 bits per heavy atom. The number of rotatable bonds is 7. The molecule has 5 heteroatoms. The molecule has 0 bridgehead atoms. The van der Waals surface area contributed by atoms with Crippen LogP contribution in [-0.4, -0.2) is 40.9 Å². The molecule has 0 aliphatic carbocycles. The molecule has 2 atom stereocenters. The van der Waals surface area contributed by atoms with Crippen molar-refractivity contribution in [2.24, 2.45) is 0 Å². The quantitative estimate of drug-likeness (QED) is 0.706. The van der Waals surface area contributed by atoms with Crippen LogP contribution >= 0.6 is 11.8 Å². The Labute approximate surface area is 111 Å². The lowest BCUT2D eigenvalue weighted by Gasteiger charge is -2.23. The second-order valence-electron chi connectivity index (χ2n) is 4.60. The molecule has 1 aromatic carbocycles. The van der Waals surface area contributed by atoms with Gasteiger partial charge < -0.3 is 15.5 Å². The van der Waals surface area contributed by atoms with E-state index in [4.69, 9.17) is 0 Å². The summed E-state index contributed by atoms with van der Waals surface area (Å²) in [4.78, 5) is 0. The Bertz CT molecular complexity index is 374. The third kappa shape index (κ3) is 4.94. The number of benzene rings is 1. The largest absolute Gasteiger partial charge is 0.388 e. The van der Waals surface area contributed by atoms with E-state index < -0.39 is 17.5 Å². The Morgan fingerprint density at radius 2 is 2.11 bits per heavy atom. The third-order valence-corrected chi connectivity index (χ3v) is 3.47. The zero-order valence-electron chi connectivity index (χ0n) is 10.7. The molecule has 18 heavy (non-hydrogen) atoms. The molecule has 0 aromatic heterocycles. The predicted molar refractivity (Wildman–Crippen MR) is 73.2 cm³/mol. The van der Waals surface area contributed by atoms with Gasteiger partial charge in [-0.2, -0.15) is 11.8 Å². The molecular formula is C13H20FNO2S. The lowest BCUT2D eigenvalue weighted by Crippen LogP contribution is -2.41. The molecule has 0 heterocycles. The van der Waals surface area contributed by atoms with Gasteiger partial charge >= 0.3 is 0 Å². The number of thioether (sulfide) groups is 1. The number of halogens is 1. The minimum Gasteiger partial charge on any atom is -0.388 e. The van der Waals surface area contributed by atoms with Gasteiger partial charge in [0, 0.05) is 24.4 Å². The van der Waals surface area contributed by atoms with E-state index in [2.05, 4.69) is 5.32 Å². The minimum absolute atomic E-state index is 0.214. The van der Waals surface area contributed by atoms with Crippen LogP contribution in [0.25, 0.3) is 0 Å². The normalized spacial score (nSPS) is 16.3. The highest BCUT2D eigenvalue weighted by Crippen LogP contribution is 2.16. The summed E-state index contributed by atoms with van der Waals surface area (Å²) >= 11 is 1.55. The van der Waals surface area contributed by atoms with Crippen molar-refractivity contribution >= 4 is 11.8 Å². The zero-order valence-corrected chi connectivity index (χ0v) is 11.5. The van der Waals surface area contributed by atoms with Crippen molar-refractivity contribution < 1.29 is 14.6 Å². The van der Waals surface area contributed by atoms with Gasteiger partial charge in [-0.1, -0.05) is 18.2 Å². The average Bonchev–Trinajstić information content (AvgIpc) is 2.29. The van der Waals surface area contributed by atoms with Gasteiger partial charge in [0.05, 0.1) is 11.7 Å². The zero-order chi connectivity index (χ0) is 13.6. The highest BCUT2D eigenvalue weighted by Gasteiger charge is 2.20. The van der Waals surface area contributed by atoms with Gasteiger partial charge in [-0.25, -0.2) is 4.39 Å². The fraction of sp³-hybridized carbons (Fsp3) is 0.538. The van der Waals surface area contributed by atoms with E-state index >= 15 is 0 Å². The average molecular weight is 273 g/mol. The number of hydrogen-bond acceptors (Lipinski definition) is 4. The highest BCUT2D eigenvalue weighted by atomic mass is 32.2. The lowest BCUT2D eigenvalue weighted by molar-refractivity contribution is 0.0783. The van der Waals surface area contributed by atoms with Crippen LogP contribution in [0.15, 0.2) is 24.3 Å². The van der Waals surface area contributed by atoms with Crippen LogP contribution in [0.1, 0.15) is 18.6 Å². The molecule has 0 spiro atoms. The monoisotopic (exact) mass is 273 g/mol. The summed E-state index contributed by atoms with van der Waals surface area (Å²) in [5.41, 5.74) is -0.552. The lowest BCUT2D eigenvalue weighted by atomic mass is 10.1. The Balaban J connectivity index is 2.43. The van der Waals surface area contributed by atoms with E-state index in [9.17, 15) is 14.6 Å². The summed E-state index contributed by atoms with van der Waals surface area (Å²) < 4.78 is 13.4. The maximum Gasteiger partial charge on any atom is 0.129 e. The van der Waals surface area contributed by atoms with Crippen molar-refractivity contribution in [2.45, 2.75) is 18.6 Å². The van der Waals surface area contributed by atoms with Crippen LogP contribution in [0, 0.1) is 5.82 Å². The van der Waals surface area contributed by atoms with Crippen molar-refractivity contribution in [2.75, 3.05) is 25.1 Å².